The van der Waals surface area contributed by atoms with E-state index in [4.69, 9.17) is 9.15 Å². The van der Waals surface area contributed by atoms with Crippen LogP contribution in [0.15, 0.2) is 40.8 Å². The minimum atomic E-state index is -0.364. The predicted octanol–water partition coefficient (Wildman–Crippen LogP) is 4.41. The number of ether oxygens (including phenoxy) is 1. The van der Waals surface area contributed by atoms with Gasteiger partial charge in [-0.15, -0.1) is 0 Å². The number of fused-ring (bicyclic) bond motifs is 1. The van der Waals surface area contributed by atoms with Crippen molar-refractivity contribution < 1.29 is 18.3 Å². The third kappa shape index (κ3) is 3.15. The lowest BCUT2D eigenvalue weighted by molar-refractivity contribution is -0.121. The average Bonchev–Trinajstić information content (AvgIpc) is 2.97. The van der Waals surface area contributed by atoms with Gasteiger partial charge in [-0.1, -0.05) is 19.9 Å². The maximum absolute atomic E-state index is 13.3. The molecule has 0 N–H and O–H groups in total. The zero-order valence-electron chi connectivity index (χ0n) is 13.8. The molecule has 3 rings (SSSR count). The summed E-state index contributed by atoms with van der Waals surface area (Å²) in [5.41, 5.74) is 2.49. The highest BCUT2D eigenvalue weighted by Crippen LogP contribution is 2.33. The summed E-state index contributed by atoms with van der Waals surface area (Å²) in [4.78, 5) is 16.2. The van der Waals surface area contributed by atoms with Gasteiger partial charge in [0.25, 0.3) is 0 Å². The maximum atomic E-state index is 13.3. The van der Waals surface area contributed by atoms with E-state index in [0.29, 0.717) is 34.7 Å². The second-order valence-electron chi connectivity index (χ2n) is 5.96. The molecule has 3 aromatic rings. The lowest BCUT2D eigenvalue weighted by Gasteiger charge is -2.09. The molecule has 0 saturated heterocycles. The molecule has 0 amide bonds. The van der Waals surface area contributed by atoms with E-state index in [1.165, 1.54) is 12.1 Å². The summed E-state index contributed by atoms with van der Waals surface area (Å²) in [6.07, 6.45) is 0.354. The minimum absolute atomic E-state index is 0.0115. The summed E-state index contributed by atoms with van der Waals surface area (Å²) in [5, 5.41) is 0. The molecule has 0 unspecified atom stereocenters. The Morgan fingerprint density at radius 3 is 2.75 bits per heavy atom. The predicted molar refractivity (Wildman–Crippen MR) is 89.5 cm³/mol. The van der Waals surface area contributed by atoms with Gasteiger partial charge in [-0.05, 0) is 29.8 Å². The molecule has 0 fully saturated rings. The number of Topliss-reactive ketones (excluding diaryl/α,β-unsaturated/α-hetero) is 1. The molecule has 0 bridgehead atoms. The summed E-state index contributed by atoms with van der Waals surface area (Å²) in [6.45, 7) is 3.76. The van der Waals surface area contributed by atoms with Gasteiger partial charge in [0.2, 0.25) is 5.89 Å². The lowest BCUT2D eigenvalue weighted by atomic mass is 10.00. The van der Waals surface area contributed by atoms with E-state index in [0.717, 1.165) is 5.56 Å². The molecule has 0 aliphatic rings. The molecule has 0 aliphatic carbocycles. The second-order valence-corrected chi connectivity index (χ2v) is 5.96. The van der Waals surface area contributed by atoms with Crippen LogP contribution in [0, 0.1) is 11.7 Å². The highest BCUT2D eigenvalue weighted by Gasteiger charge is 2.16. The molecule has 0 radical (unpaired) electrons. The van der Waals surface area contributed by atoms with Crippen molar-refractivity contribution in [2.45, 2.75) is 20.3 Å². The van der Waals surface area contributed by atoms with Crippen molar-refractivity contribution in [3.8, 4) is 17.2 Å². The van der Waals surface area contributed by atoms with Gasteiger partial charge in [-0.3, -0.25) is 4.79 Å². The van der Waals surface area contributed by atoms with Crippen LogP contribution in [0.5, 0.6) is 5.75 Å². The highest BCUT2D eigenvalue weighted by atomic mass is 19.1. The van der Waals surface area contributed by atoms with E-state index >= 15 is 0 Å². The van der Waals surface area contributed by atoms with Crippen LogP contribution in [0.2, 0.25) is 0 Å². The fraction of sp³-hybridized carbons (Fsp3) is 0.263. The monoisotopic (exact) mass is 327 g/mol. The molecule has 124 valence electrons. The number of aromatic nitrogens is 1. The van der Waals surface area contributed by atoms with Crippen molar-refractivity contribution in [3.63, 3.8) is 0 Å². The molecule has 24 heavy (non-hydrogen) atoms. The quantitative estimate of drug-likeness (QED) is 0.696. The smallest absolute Gasteiger partial charge is 0.231 e. The van der Waals surface area contributed by atoms with Crippen molar-refractivity contribution in [1.29, 1.82) is 0 Å². The number of rotatable bonds is 5. The van der Waals surface area contributed by atoms with Crippen molar-refractivity contribution in [3.05, 3.63) is 47.8 Å². The highest BCUT2D eigenvalue weighted by molar-refractivity contribution is 5.83. The van der Waals surface area contributed by atoms with Gasteiger partial charge in [-0.25, -0.2) is 9.37 Å². The Bertz CT molecular complexity index is 899. The number of benzene rings is 2. The number of carbonyl (C=O) groups excluding carboxylic acids is 1. The summed E-state index contributed by atoms with van der Waals surface area (Å²) in [5.74, 6) is 0.715. The number of hydrogen-bond acceptors (Lipinski definition) is 4. The topological polar surface area (TPSA) is 52.3 Å². The molecule has 0 atom stereocenters. The fourth-order valence-electron chi connectivity index (χ4n) is 2.44. The molecule has 1 heterocycles. The van der Waals surface area contributed by atoms with E-state index in [2.05, 4.69) is 4.98 Å². The van der Waals surface area contributed by atoms with Crippen LogP contribution < -0.4 is 4.74 Å². The van der Waals surface area contributed by atoms with Crippen molar-refractivity contribution in [1.82, 2.24) is 4.98 Å². The van der Waals surface area contributed by atoms with Crippen molar-refractivity contribution >= 4 is 16.9 Å². The Balaban J connectivity index is 1.98. The van der Waals surface area contributed by atoms with Crippen molar-refractivity contribution in [2.75, 3.05) is 7.11 Å². The zero-order chi connectivity index (χ0) is 17.3. The third-order valence-electron chi connectivity index (χ3n) is 3.87. The Hall–Kier alpha value is -2.69. The van der Waals surface area contributed by atoms with E-state index in [-0.39, 0.29) is 17.5 Å². The second kappa shape index (κ2) is 6.43. The number of nitrogens with zero attached hydrogens (tertiary/aromatic N) is 1. The molecular formula is C19H18FNO3. The molecule has 2 aromatic carbocycles. The van der Waals surface area contributed by atoms with Gasteiger partial charge in [-0.2, -0.15) is 0 Å². The Morgan fingerprint density at radius 1 is 1.25 bits per heavy atom. The summed E-state index contributed by atoms with van der Waals surface area (Å²) in [7, 11) is 1.55. The van der Waals surface area contributed by atoms with Gasteiger partial charge in [0, 0.05) is 18.4 Å². The maximum Gasteiger partial charge on any atom is 0.231 e. The van der Waals surface area contributed by atoms with E-state index < -0.39 is 0 Å². The van der Waals surface area contributed by atoms with Crippen LogP contribution in [0.1, 0.15) is 19.4 Å². The fourth-order valence-corrected chi connectivity index (χ4v) is 2.44. The Kier molecular flexibility index (Phi) is 4.34. The summed E-state index contributed by atoms with van der Waals surface area (Å²) in [6, 6.07) is 9.67. The Labute approximate surface area is 139 Å². The number of ketones is 1. The van der Waals surface area contributed by atoms with Gasteiger partial charge >= 0.3 is 0 Å². The number of carbonyl (C=O) groups is 1. The Morgan fingerprint density at radius 2 is 2.04 bits per heavy atom. The normalized spacial score (nSPS) is 11.2. The van der Waals surface area contributed by atoms with Crippen LogP contribution in [0.25, 0.3) is 22.6 Å². The van der Waals surface area contributed by atoms with Gasteiger partial charge in [0.1, 0.15) is 22.9 Å². The SMILES string of the molecule is COc1cc(CC(=O)C(C)C)ccc1-c1nc2cc(F)ccc2o1. The first kappa shape index (κ1) is 16.2. The first-order valence-corrected chi connectivity index (χ1v) is 7.74. The molecule has 0 saturated carbocycles. The lowest BCUT2D eigenvalue weighted by Crippen LogP contribution is -2.10. The minimum Gasteiger partial charge on any atom is -0.496 e. The molecule has 0 spiro atoms. The largest absolute Gasteiger partial charge is 0.496 e. The number of methoxy groups -OCH3 is 1. The summed E-state index contributed by atoms with van der Waals surface area (Å²) >= 11 is 0. The van der Waals surface area contributed by atoms with Gasteiger partial charge in [0.15, 0.2) is 5.58 Å². The first-order chi connectivity index (χ1) is 11.5. The van der Waals surface area contributed by atoms with Crippen LogP contribution in [0.4, 0.5) is 4.39 Å². The molecule has 4 nitrogen and oxygen atoms in total. The molecular weight excluding hydrogens is 309 g/mol. The zero-order valence-corrected chi connectivity index (χ0v) is 13.8. The van der Waals surface area contributed by atoms with Gasteiger partial charge in [0.05, 0.1) is 12.7 Å². The van der Waals surface area contributed by atoms with Crippen molar-refractivity contribution in [2.24, 2.45) is 5.92 Å². The first-order valence-electron chi connectivity index (χ1n) is 7.74. The van der Waals surface area contributed by atoms with E-state index in [9.17, 15) is 9.18 Å². The average molecular weight is 327 g/mol. The van der Waals surface area contributed by atoms with Gasteiger partial charge < -0.3 is 9.15 Å². The third-order valence-corrected chi connectivity index (χ3v) is 3.87. The van der Waals surface area contributed by atoms with Crippen LogP contribution in [-0.2, 0) is 11.2 Å². The van der Waals surface area contributed by atoms with E-state index in [1.807, 2.05) is 32.0 Å². The summed E-state index contributed by atoms with van der Waals surface area (Å²) < 4.78 is 24.4. The number of hydrogen-bond donors (Lipinski definition) is 0. The van der Waals surface area contributed by atoms with Crippen LogP contribution >= 0.6 is 0 Å². The molecule has 1 aromatic heterocycles. The molecule has 0 aliphatic heterocycles. The van der Waals surface area contributed by atoms with E-state index in [1.54, 1.807) is 13.2 Å². The molecule has 5 heteroatoms. The standard InChI is InChI=1S/C19H18FNO3/c1-11(2)16(22)8-12-4-6-14(18(9-12)23-3)19-21-15-10-13(20)5-7-17(15)24-19/h4-7,9-11H,8H2,1-3H3. The van der Waals surface area contributed by atoms with Crippen LogP contribution in [0.3, 0.4) is 0 Å². The number of oxazole rings is 1. The number of halogens is 1. The van der Waals surface area contributed by atoms with Crippen LogP contribution in [-0.4, -0.2) is 17.9 Å².